The molecule has 28 heavy (non-hydrogen) atoms. The molecular formula is C21H21N3O4. The molecule has 0 fully saturated rings. The van der Waals surface area contributed by atoms with Crippen molar-refractivity contribution >= 4 is 28.8 Å². The van der Waals surface area contributed by atoms with E-state index in [9.17, 15) is 9.59 Å². The number of H-pyrrole nitrogens is 1. The fourth-order valence-electron chi connectivity index (χ4n) is 2.85. The first-order chi connectivity index (χ1) is 13.6. The quantitative estimate of drug-likeness (QED) is 0.288. The van der Waals surface area contributed by atoms with Gasteiger partial charge in [0.15, 0.2) is 0 Å². The summed E-state index contributed by atoms with van der Waals surface area (Å²) in [7, 11) is 1.63. The van der Waals surface area contributed by atoms with Crippen molar-refractivity contribution in [1.82, 2.24) is 15.8 Å². The van der Waals surface area contributed by atoms with Crippen LogP contribution in [0.4, 0.5) is 0 Å². The average molecular weight is 379 g/mol. The molecule has 2 aromatic carbocycles. The maximum absolute atomic E-state index is 12.0. The number of carbonyl (C=O) groups excluding carboxylic acids is 2. The zero-order valence-electron chi connectivity index (χ0n) is 15.4. The minimum atomic E-state index is -0.580. The van der Waals surface area contributed by atoms with E-state index in [1.165, 1.54) is 6.08 Å². The number of fused-ring (bicyclic) bond motifs is 1. The molecule has 7 nitrogen and oxygen atoms in total. The molecule has 2 amide bonds. The number of aromatic nitrogens is 1. The van der Waals surface area contributed by atoms with Crippen LogP contribution in [0.2, 0.25) is 0 Å². The lowest BCUT2D eigenvalue weighted by atomic mass is 10.1. The summed E-state index contributed by atoms with van der Waals surface area (Å²) in [6.07, 6.45) is 5.74. The number of aromatic amines is 1. The predicted octanol–water partition coefficient (Wildman–Crippen LogP) is 2.67. The summed E-state index contributed by atoms with van der Waals surface area (Å²) in [4.78, 5) is 26.5. The van der Waals surface area contributed by atoms with Crippen LogP contribution in [0.1, 0.15) is 21.5 Å². The van der Waals surface area contributed by atoms with Crippen LogP contribution in [0.25, 0.3) is 17.0 Å². The van der Waals surface area contributed by atoms with Gasteiger partial charge in [0.25, 0.3) is 5.91 Å². The van der Waals surface area contributed by atoms with E-state index in [1.807, 2.05) is 24.4 Å². The molecule has 0 aliphatic carbocycles. The first-order valence-corrected chi connectivity index (χ1v) is 8.75. The molecule has 0 saturated heterocycles. The summed E-state index contributed by atoms with van der Waals surface area (Å²) in [5.74, 6) is 0.0144. The maximum Gasteiger partial charge on any atom is 0.274 e. The van der Waals surface area contributed by atoms with Crippen molar-refractivity contribution in [1.29, 1.82) is 0 Å². The normalized spacial score (nSPS) is 10.9. The first-order valence-electron chi connectivity index (χ1n) is 8.75. The Morgan fingerprint density at radius 2 is 1.96 bits per heavy atom. The van der Waals surface area contributed by atoms with Gasteiger partial charge >= 0.3 is 0 Å². The smallest absolute Gasteiger partial charge is 0.274 e. The molecule has 0 spiro atoms. The fraction of sp³-hybridized carbons (Fsp3) is 0.143. The summed E-state index contributed by atoms with van der Waals surface area (Å²) in [6, 6.07) is 12.3. The first kappa shape index (κ1) is 19.2. The van der Waals surface area contributed by atoms with Crippen LogP contribution in [0.3, 0.4) is 0 Å². The monoisotopic (exact) mass is 379 g/mol. The standard InChI is InChI=1S/C21H21N3O4/c1-28-17-7-8-19-18(12-17)16(13-23-19)10-11-22-20(25)9-4-14-2-5-15(6-3-14)21(26)24-27/h2-9,12-13,23,27H,10-11H2,1H3,(H,22,25)(H,24,26)/b9-4+. The lowest BCUT2D eigenvalue weighted by Gasteiger charge is -2.03. The van der Waals surface area contributed by atoms with Crippen molar-refractivity contribution < 1.29 is 19.5 Å². The highest BCUT2D eigenvalue weighted by atomic mass is 16.5. The van der Waals surface area contributed by atoms with Gasteiger partial charge in [0.1, 0.15) is 5.75 Å². The van der Waals surface area contributed by atoms with E-state index in [2.05, 4.69) is 10.3 Å². The van der Waals surface area contributed by atoms with Gasteiger partial charge in [-0.05, 0) is 54.0 Å². The summed E-state index contributed by atoms with van der Waals surface area (Å²) in [5.41, 5.74) is 4.81. The third-order valence-corrected chi connectivity index (χ3v) is 4.37. The van der Waals surface area contributed by atoms with Gasteiger partial charge < -0.3 is 15.0 Å². The number of hydroxylamine groups is 1. The maximum atomic E-state index is 12.0. The largest absolute Gasteiger partial charge is 0.497 e. The van der Waals surface area contributed by atoms with E-state index < -0.39 is 5.91 Å². The lowest BCUT2D eigenvalue weighted by molar-refractivity contribution is -0.116. The number of methoxy groups -OCH3 is 1. The lowest BCUT2D eigenvalue weighted by Crippen LogP contribution is -2.23. The summed E-state index contributed by atoms with van der Waals surface area (Å²) in [6.45, 7) is 0.503. The second kappa shape index (κ2) is 8.88. The van der Waals surface area contributed by atoms with E-state index >= 15 is 0 Å². The molecule has 3 rings (SSSR count). The molecule has 0 saturated carbocycles. The Hall–Kier alpha value is -3.58. The van der Waals surface area contributed by atoms with E-state index in [0.29, 0.717) is 18.5 Å². The molecule has 0 unspecified atom stereocenters. The van der Waals surface area contributed by atoms with Crippen LogP contribution >= 0.6 is 0 Å². The number of hydrogen-bond donors (Lipinski definition) is 4. The minimum absolute atomic E-state index is 0.199. The van der Waals surface area contributed by atoms with Gasteiger partial charge in [-0.3, -0.25) is 14.8 Å². The second-order valence-corrected chi connectivity index (χ2v) is 6.16. The van der Waals surface area contributed by atoms with E-state index in [1.54, 1.807) is 42.9 Å². The molecule has 0 aliphatic heterocycles. The summed E-state index contributed by atoms with van der Waals surface area (Å²) < 4.78 is 5.26. The van der Waals surface area contributed by atoms with E-state index in [0.717, 1.165) is 27.8 Å². The van der Waals surface area contributed by atoms with Crippen molar-refractivity contribution in [3.05, 3.63) is 71.4 Å². The summed E-state index contributed by atoms with van der Waals surface area (Å²) >= 11 is 0. The van der Waals surface area contributed by atoms with Crippen LogP contribution in [-0.4, -0.2) is 35.7 Å². The second-order valence-electron chi connectivity index (χ2n) is 6.16. The van der Waals surface area contributed by atoms with Gasteiger partial charge in [0.2, 0.25) is 5.91 Å². The number of rotatable bonds is 7. The Balaban J connectivity index is 1.53. The molecule has 3 aromatic rings. The topological polar surface area (TPSA) is 103 Å². The van der Waals surface area contributed by atoms with Crippen molar-refractivity contribution in [3.8, 4) is 5.75 Å². The average Bonchev–Trinajstić information content (AvgIpc) is 3.14. The highest BCUT2D eigenvalue weighted by Gasteiger charge is 2.06. The third-order valence-electron chi connectivity index (χ3n) is 4.37. The zero-order valence-corrected chi connectivity index (χ0v) is 15.4. The molecule has 144 valence electrons. The van der Waals surface area contributed by atoms with Crippen LogP contribution in [0.15, 0.2) is 54.7 Å². The number of benzene rings is 2. The molecule has 0 radical (unpaired) electrons. The Morgan fingerprint density at radius 3 is 2.68 bits per heavy atom. The van der Waals surface area contributed by atoms with Gasteiger partial charge in [0.05, 0.1) is 7.11 Å². The van der Waals surface area contributed by atoms with E-state index in [4.69, 9.17) is 9.94 Å². The number of carbonyl (C=O) groups is 2. The van der Waals surface area contributed by atoms with Gasteiger partial charge in [-0.1, -0.05) is 12.1 Å². The van der Waals surface area contributed by atoms with Gasteiger partial charge in [-0.2, -0.15) is 0 Å². The van der Waals surface area contributed by atoms with Crippen LogP contribution in [0.5, 0.6) is 5.75 Å². The van der Waals surface area contributed by atoms with Crippen LogP contribution in [0, 0.1) is 0 Å². The highest BCUT2D eigenvalue weighted by molar-refractivity contribution is 5.94. The van der Waals surface area contributed by atoms with Crippen molar-refractivity contribution in [3.63, 3.8) is 0 Å². The van der Waals surface area contributed by atoms with Gasteiger partial charge in [-0.25, -0.2) is 5.48 Å². The Bertz CT molecular complexity index is 1010. The van der Waals surface area contributed by atoms with Gasteiger partial charge in [-0.15, -0.1) is 0 Å². The number of nitrogens with one attached hydrogen (secondary N) is 3. The Labute approximate surface area is 162 Å². The third kappa shape index (κ3) is 4.57. The SMILES string of the molecule is COc1ccc2[nH]cc(CCNC(=O)/C=C/c3ccc(C(=O)NO)cc3)c2c1. The summed E-state index contributed by atoms with van der Waals surface area (Å²) in [5, 5.41) is 12.5. The zero-order chi connectivity index (χ0) is 19.9. The van der Waals surface area contributed by atoms with Crippen LogP contribution in [-0.2, 0) is 11.2 Å². The Morgan fingerprint density at radius 1 is 1.18 bits per heavy atom. The number of amides is 2. The Kier molecular flexibility index (Phi) is 6.08. The molecule has 7 heteroatoms. The number of hydrogen-bond acceptors (Lipinski definition) is 4. The molecule has 0 atom stereocenters. The molecule has 1 heterocycles. The molecular weight excluding hydrogens is 358 g/mol. The van der Waals surface area contributed by atoms with Gasteiger partial charge in [0, 0.05) is 35.3 Å². The molecule has 4 N–H and O–H groups in total. The molecule has 1 aromatic heterocycles. The van der Waals surface area contributed by atoms with Crippen molar-refractivity contribution in [2.75, 3.05) is 13.7 Å². The number of ether oxygens (including phenoxy) is 1. The minimum Gasteiger partial charge on any atom is -0.497 e. The highest BCUT2D eigenvalue weighted by Crippen LogP contribution is 2.23. The molecule has 0 bridgehead atoms. The molecule has 0 aliphatic rings. The van der Waals surface area contributed by atoms with E-state index in [-0.39, 0.29) is 5.91 Å². The van der Waals surface area contributed by atoms with Crippen molar-refractivity contribution in [2.24, 2.45) is 0 Å². The fourth-order valence-corrected chi connectivity index (χ4v) is 2.85. The predicted molar refractivity (Wildman–Crippen MR) is 106 cm³/mol. The van der Waals surface area contributed by atoms with Crippen LogP contribution < -0.4 is 15.5 Å². The van der Waals surface area contributed by atoms with Crippen molar-refractivity contribution in [2.45, 2.75) is 6.42 Å².